The lowest BCUT2D eigenvalue weighted by atomic mass is 10.0. The van der Waals surface area contributed by atoms with Crippen LogP contribution in [-0.2, 0) is 32.9 Å². The van der Waals surface area contributed by atoms with Crippen molar-refractivity contribution in [2.75, 3.05) is 12.8 Å². The minimum atomic E-state index is -2.16. The number of cyclic esters (lactones) is 1. The number of hydrogen-bond donors (Lipinski definition) is 1. The summed E-state index contributed by atoms with van der Waals surface area (Å²) in [5, 5.41) is 10.1. The number of aliphatic hydroxyl groups is 1. The molecular formula is C26H46O8P+. The molecule has 0 aromatic carbocycles. The molecule has 1 aliphatic rings. The number of ketones is 1. The summed E-state index contributed by atoms with van der Waals surface area (Å²) >= 11 is 0. The number of esters is 2. The molecule has 1 aliphatic heterocycles. The molecule has 0 aromatic heterocycles. The predicted octanol–water partition coefficient (Wildman–Crippen LogP) is 5.79. The SMILES string of the molecule is CCCCCCCCCCCCCCCCCC(=O)OC[C@H](O)[C@H]1OC(=O)C(O[P+](=O)CC)C1=O. The first kappa shape index (κ1) is 31.7. The van der Waals surface area contributed by atoms with Gasteiger partial charge in [-0.25, -0.2) is 4.79 Å². The van der Waals surface area contributed by atoms with Crippen LogP contribution in [0.3, 0.4) is 0 Å². The molecule has 1 fully saturated rings. The fourth-order valence-electron chi connectivity index (χ4n) is 4.04. The smallest absolute Gasteiger partial charge is 0.463 e. The Kier molecular flexibility index (Phi) is 17.9. The van der Waals surface area contributed by atoms with Crippen molar-refractivity contribution in [2.45, 2.75) is 135 Å². The average molecular weight is 518 g/mol. The Morgan fingerprint density at radius 2 is 1.37 bits per heavy atom. The summed E-state index contributed by atoms with van der Waals surface area (Å²) in [6.07, 6.45) is 14.5. The highest BCUT2D eigenvalue weighted by Crippen LogP contribution is 2.29. The molecule has 9 heteroatoms. The first-order chi connectivity index (χ1) is 16.9. The van der Waals surface area contributed by atoms with E-state index in [9.17, 15) is 24.1 Å². The number of carbonyl (C=O) groups excluding carboxylic acids is 3. The van der Waals surface area contributed by atoms with Gasteiger partial charge in [0.2, 0.25) is 5.78 Å². The molecule has 0 aliphatic carbocycles. The van der Waals surface area contributed by atoms with Gasteiger partial charge in [-0.3, -0.25) is 9.59 Å². The zero-order valence-corrected chi connectivity index (χ0v) is 22.6. The highest BCUT2D eigenvalue weighted by atomic mass is 31.1. The second-order valence-electron chi connectivity index (χ2n) is 9.34. The molecule has 1 heterocycles. The van der Waals surface area contributed by atoms with Crippen LogP contribution < -0.4 is 0 Å². The number of unbranched alkanes of at least 4 members (excludes halogenated alkanes) is 14. The molecule has 4 atom stereocenters. The molecule has 1 N–H and O–H groups in total. The van der Waals surface area contributed by atoms with E-state index in [1.807, 2.05) is 0 Å². The number of carbonyl (C=O) groups is 3. The highest BCUT2D eigenvalue weighted by molar-refractivity contribution is 7.39. The lowest BCUT2D eigenvalue weighted by molar-refractivity contribution is -0.156. The highest BCUT2D eigenvalue weighted by Gasteiger charge is 2.51. The van der Waals surface area contributed by atoms with Gasteiger partial charge in [-0.15, -0.1) is 4.52 Å². The minimum absolute atomic E-state index is 0.149. The van der Waals surface area contributed by atoms with E-state index in [2.05, 4.69) is 6.92 Å². The average Bonchev–Trinajstić information content (AvgIpc) is 3.13. The Morgan fingerprint density at radius 1 is 0.886 bits per heavy atom. The van der Waals surface area contributed by atoms with Crippen molar-refractivity contribution in [2.24, 2.45) is 0 Å². The fourth-order valence-corrected chi connectivity index (χ4v) is 4.62. The third-order valence-electron chi connectivity index (χ3n) is 6.23. The topological polar surface area (TPSA) is 116 Å². The molecule has 0 aromatic rings. The normalized spacial score (nSPS) is 19.0. The number of rotatable bonds is 22. The lowest BCUT2D eigenvalue weighted by Crippen LogP contribution is -2.38. The van der Waals surface area contributed by atoms with Gasteiger partial charge in [0.05, 0.1) is 0 Å². The number of Topliss-reactive ketones (excluding diaryl/α,β-unsaturated/α-hetero) is 1. The van der Waals surface area contributed by atoms with Crippen LogP contribution in [0.2, 0.25) is 0 Å². The van der Waals surface area contributed by atoms with Crippen molar-refractivity contribution in [1.82, 2.24) is 0 Å². The lowest BCUT2D eigenvalue weighted by Gasteiger charge is -2.15. The predicted molar refractivity (Wildman–Crippen MR) is 134 cm³/mol. The van der Waals surface area contributed by atoms with Gasteiger partial charge in [-0.05, 0) is 17.9 Å². The standard InChI is InChI=1S/C26H46O8P/c1-3-5-6-7-8-9-10-11-12-13-14-15-16-17-18-19-22(28)32-20-21(27)24-23(29)25(26(30)33-24)34-35(31)4-2/h21,24-25,27H,3-20H2,1-2H3/q+1/t21-,24+,25?/m0/s1. The number of hydrogen-bond acceptors (Lipinski definition) is 8. The van der Waals surface area contributed by atoms with Crippen LogP contribution in [0.1, 0.15) is 117 Å². The van der Waals surface area contributed by atoms with E-state index in [0.29, 0.717) is 6.42 Å². The van der Waals surface area contributed by atoms with Gasteiger partial charge in [0.15, 0.2) is 12.3 Å². The maximum absolute atomic E-state index is 12.2. The summed E-state index contributed by atoms with van der Waals surface area (Å²) in [6.45, 7) is 3.39. The molecule has 35 heavy (non-hydrogen) atoms. The van der Waals surface area contributed by atoms with Gasteiger partial charge in [-0.1, -0.05) is 96.8 Å². The van der Waals surface area contributed by atoms with E-state index in [-0.39, 0.29) is 12.6 Å². The Hall–Kier alpha value is -1.37. The number of aliphatic hydroxyl groups excluding tert-OH is 1. The third kappa shape index (κ3) is 14.1. The van der Waals surface area contributed by atoms with Crippen LogP contribution in [-0.4, -0.2) is 53.9 Å². The molecule has 0 bridgehead atoms. The molecule has 1 rings (SSSR count). The Balaban J connectivity index is 1.99. The summed E-state index contributed by atoms with van der Waals surface area (Å²) in [6, 6.07) is 0. The molecule has 0 saturated carbocycles. The zero-order valence-electron chi connectivity index (χ0n) is 21.7. The van der Waals surface area contributed by atoms with Crippen LogP contribution in [0.5, 0.6) is 0 Å². The van der Waals surface area contributed by atoms with E-state index in [1.165, 1.54) is 77.0 Å². The fraction of sp³-hybridized carbons (Fsp3) is 0.885. The second-order valence-corrected chi connectivity index (χ2v) is 10.9. The summed E-state index contributed by atoms with van der Waals surface area (Å²) < 4.78 is 26.2. The van der Waals surface area contributed by atoms with Crippen molar-refractivity contribution in [3.05, 3.63) is 0 Å². The zero-order chi connectivity index (χ0) is 25.9. The third-order valence-corrected chi connectivity index (χ3v) is 7.19. The van der Waals surface area contributed by atoms with Gasteiger partial charge < -0.3 is 14.6 Å². The van der Waals surface area contributed by atoms with Gasteiger partial charge in [0.1, 0.15) is 12.7 Å². The van der Waals surface area contributed by atoms with Gasteiger partial charge in [0, 0.05) is 6.42 Å². The molecule has 0 radical (unpaired) electrons. The Morgan fingerprint density at radius 3 is 1.86 bits per heavy atom. The maximum atomic E-state index is 12.2. The van der Waals surface area contributed by atoms with Crippen molar-refractivity contribution >= 4 is 25.7 Å². The van der Waals surface area contributed by atoms with Crippen molar-refractivity contribution < 1.29 is 38.1 Å². The van der Waals surface area contributed by atoms with Crippen molar-refractivity contribution in [1.29, 1.82) is 0 Å². The summed E-state index contributed by atoms with van der Waals surface area (Å²) in [5.41, 5.74) is 0. The van der Waals surface area contributed by atoms with Crippen LogP contribution in [0, 0.1) is 0 Å². The summed E-state index contributed by atoms with van der Waals surface area (Å²) in [7, 11) is -2.16. The molecular weight excluding hydrogens is 471 g/mol. The van der Waals surface area contributed by atoms with E-state index < -0.39 is 50.7 Å². The first-order valence-electron chi connectivity index (χ1n) is 13.6. The van der Waals surface area contributed by atoms with Gasteiger partial charge in [-0.2, -0.15) is 0 Å². The van der Waals surface area contributed by atoms with Crippen molar-refractivity contribution in [3.8, 4) is 0 Å². The van der Waals surface area contributed by atoms with E-state index >= 15 is 0 Å². The Labute approximate surface area is 211 Å². The molecule has 0 spiro atoms. The minimum Gasteiger partial charge on any atom is -0.463 e. The number of ether oxygens (including phenoxy) is 2. The van der Waals surface area contributed by atoms with Crippen LogP contribution in [0.25, 0.3) is 0 Å². The van der Waals surface area contributed by atoms with Gasteiger partial charge in [0.25, 0.3) is 6.10 Å². The monoisotopic (exact) mass is 517 g/mol. The summed E-state index contributed by atoms with van der Waals surface area (Å²) in [5.74, 6) is -2.25. The van der Waals surface area contributed by atoms with Crippen LogP contribution in [0.4, 0.5) is 0 Å². The molecule has 8 nitrogen and oxygen atoms in total. The molecule has 2 unspecified atom stereocenters. The Bertz CT molecular complexity index is 639. The van der Waals surface area contributed by atoms with Crippen LogP contribution >= 0.6 is 8.03 Å². The van der Waals surface area contributed by atoms with E-state index in [0.717, 1.165) is 12.8 Å². The van der Waals surface area contributed by atoms with Crippen molar-refractivity contribution in [3.63, 3.8) is 0 Å². The largest absolute Gasteiger partial charge is 0.509 e. The molecule has 202 valence electrons. The summed E-state index contributed by atoms with van der Waals surface area (Å²) in [4.78, 5) is 35.8. The first-order valence-corrected chi connectivity index (χ1v) is 15.0. The van der Waals surface area contributed by atoms with E-state index in [4.69, 9.17) is 14.0 Å². The second kappa shape index (κ2) is 19.8. The maximum Gasteiger partial charge on any atom is 0.509 e. The van der Waals surface area contributed by atoms with Crippen LogP contribution in [0.15, 0.2) is 0 Å². The molecule has 0 amide bonds. The van der Waals surface area contributed by atoms with Gasteiger partial charge >= 0.3 is 20.0 Å². The molecule has 1 saturated heterocycles. The quantitative estimate of drug-likeness (QED) is 0.0830. The van der Waals surface area contributed by atoms with E-state index in [1.54, 1.807) is 6.92 Å².